The zero-order chi connectivity index (χ0) is 11.4. The van der Waals surface area contributed by atoms with E-state index in [1.807, 2.05) is 0 Å². The highest BCUT2D eigenvalue weighted by Gasteiger charge is 2.11. The Kier molecular flexibility index (Phi) is 5.25. The first-order valence-electron chi connectivity index (χ1n) is 4.42. The summed E-state index contributed by atoms with van der Waals surface area (Å²) in [6.07, 6.45) is 0.187. The van der Waals surface area contributed by atoms with Crippen LogP contribution in [0.15, 0.2) is 14.3 Å². The summed E-state index contributed by atoms with van der Waals surface area (Å²) < 4.78 is 1.79. The minimum Gasteiger partial charge on any atom is -0.393 e. The molecule has 0 aliphatic rings. The first-order chi connectivity index (χ1) is 7.00. The molecule has 84 valence electrons. The molecular weight excluding hydrogens is 346 g/mol. The summed E-state index contributed by atoms with van der Waals surface area (Å²) in [7, 11) is 0. The minimum atomic E-state index is -0.382. The second-order valence-corrected chi connectivity index (χ2v) is 6.35. The molecule has 0 aliphatic heterocycles. The molecule has 0 spiro atoms. The summed E-state index contributed by atoms with van der Waals surface area (Å²) in [4.78, 5) is 12.2. The Balaban J connectivity index is 2.47. The van der Waals surface area contributed by atoms with Gasteiger partial charge in [0.25, 0.3) is 5.91 Å². The summed E-state index contributed by atoms with van der Waals surface area (Å²) in [5.41, 5.74) is 0. The Morgan fingerprint density at radius 2 is 2.33 bits per heavy atom. The average Bonchev–Trinajstić information content (AvgIpc) is 2.46. The van der Waals surface area contributed by atoms with E-state index in [2.05, 4.69) is 37.2 Å². The van der Waals surface area contributed by atoms with Gasteiger partial charge in [-0.1, -0.05) is 0 Å². The van der Waals surface area contributed by atoms with Crippen molar-refractivity contribution in [2.45, 2.75) is 19.4 Å². The Labute approximate surface area is 109 Å². The van der Waals surface area contributed by atoms with Gasteiger partial charge < -0.3 is 10.4 Å². The molecule has 1 amide bonds. The maximum absolute atomic E-state index is 11.6. The molecule has 0 aromatic carbocycles. The van der Waals surface area contributed by atoms with Crippen molar-refractivity contribution in [3.05, 3.63) is 19.2 Å². The topological polar surface area (TPSA) is 49.3 Å². The fraction of sp³-hybridized carbons (Fsp3) is 0.444. The maximum Gasteiger partial charge on any atom is 0.261 e. The molecule has 1 unspecified atom stereocenters. The van der Waals surface area contributed by atoms with Crippen LogP contribution in [0.3, 0.4) is 0 Å². The molecule has 0 saturated carbocycles. The number of nitrogens with one attached hydrogen (secondary N) is 1. The lowest BCUT2D eigenvalue weighted by atomic mass is 10.3. The van der Waals surface area contributed by atoms with Gasteiger partial charge in [0, 0.05) is 11.0 Å². The van der Waals surface area contributed by atoms with E-state index in [-0.39, 0.29) is 12.0 Å². The Bertz CT molecular complexity index is 332. The smallest absolute Gasteiger partial charge is 0.261 e. The lowest BCUT2D eigenvalue weighted by molar-refractivity contribution is 0.0949. The normalized spacial score (nSPS) is 12.5. The number of amides is 1. The highest BCUT2D eigenvalue weighted by atomic mass is 79.9. The van der Waals surface area contributed by atoms with Gasteiger partial charge >= 0.3 is 0 Å². The van der Waals surface area contributed by atoms with Crippen molar-refractivity contribution in [2.75, 3.05) is 6.54 Å². The number of thiophene rings is 1. The third-order valence-electron chi connectivity index (χ3n) is 1.72. The lowest BCUT2D eigenvalue weighted by Gasteiger charge is -2.04. The number of halogens is 2. The largest absolute Gasteiger partial charge is 0.393 e. The molecule has 0 bridgehead atoms. The number of hydrogen-bond donors (Lipinski definition) is 2. The molecule has 2 N–H and O–H groups in total. The Morgan fingerprint density at radius 3 is 2.80 bits per heavy atom. The summed E-state index contributed by atoms with van der Waals surface area (Å²) in [5, 5.41) is 11.8. The third-order valence-corrected chi connectivity index (χ3v) is 4.97. The fourth-order valence-corrected chi connectivity index (χ4v) is 2.89. The molecule has 0 radical (unpaired) electrons. The Morgan fingerprint density at radius 1 is 1.67 bits per heavy atom. The second-order valence-electron chi connectivity index (χ2n) is 3.13. The molecule has 0 fully saturated rings. The van der Waals surface area contributed by atoms with Crippen LogP contribution in [0.5, 0.6) is 0 Å². The lowest BCUT2D eigenvalue weighted by Crippen LogP contribution is -2.25. The van der Waals surface area contributed by atoms with Crippen LogP contribution in [0.2, 0.25) is 0 Å². The van der Waals surface area contributed by atoms with Crippen LogP contribution in [-0.4, -0.2) is 23.7 Å². The van der Waals surface area contributed by atoms with E-state index in [9.17, 15) is 4.79 Å². The van der Waals surface area contributed by atoms with E-state index in [1.54, 1.807) is 13.0 Å². The zero-order valence-electron chi connectivity index (χ0n) is 8.09. The fourth-order valence-electron chi connectivity index (χ4n) is 0.940. The van der Waals surface area contributed by atoms with E-state index in [0.29, 0.717) is 17.8 Å². The highest BCUT2D eigenvalue weighted by Crippen LogP contribution is 2.32. The molecule has 0 saturated heterocycles. The predicted molar refractivity (Wildman–Crippen MR) is 68.4 cm³/mol. The molecule has 1 aromatic heterocycles. The van der Waals surface area contributed by atoms with E-state index < -0.39 is 0 Å². The molecule has 1 aromatic rings. The molecule has 1 rings (SSSR count). The van der Waals surface area contributed by atoms with Crippen molar-refractivity contribution in [3.8, 4) is 0 Å². The van der Waals surface area contributed by atoms with Gasteiger partial charge in [0.05, 0.1) is 14.8 Å². The maximum atomic E-state index is 11.6. The first-order valence-corrected chi connectivity index (χ1v) is 6.82. The van der Waals surface area contributed by atoms with Crippen LogP contribution in [0.1, 0.15) is 23.0 Å². The van der Waals surface area contributed by atoms with Gasteiger partial charge in [-0.05, 0) is 51.3 Å². The second kappa shape index (κ2) is 5.98. The number of rotatable bonds is 4. The SMILES string of the molecule is CC(O)CCNC(=O)c1cc(Br)c(Br)s1. The van der Waals surface area contributed by atoms with Crippen LogP contribution >= 0.6 is 43.2 Å². The molecule has 6 heteroatoms. The van der Waals surface area contributed by atoms with Crippen LogP contribution in [0.4, 0.5) is 0 Å². The van der Waals surface area contributed by atoms with Crippen molar-refractivity contribution in [2.24, 2.45) is 0 Å². The quantitative estimate of drug-likeness (QED) is 0.871. The summed E-state index contributed by atoms with van der Waals surface area (Å²) in [6.45, 7) is 2.19. The van der Waals surface area contributed by atoms with Gasteiger partial charge in [0.1, 0.15) is 0 Å². The standard InChI is InChI=1S/C9H11Br2NO2S/c1-5(13)2-3-12-9(14)7-4-6(10)8(11)15-7/h4-5,13H,2-3H2,1H3,(H,12,14). The van der Waals surface area contributed by atoms with E-state index in [1.165, 1.54) is 11.3 Å². The summed E-state index contributed by atoms with van der Waals surface area (Å²) in [5.74, 6) is -0.105. The Hall–Kier alpha value is 0.0900. The van der Waals surface area contributed by atoms with Crippen LogP contribution < -0.4 is 5.32 Å². The highest BCUT2D eigenvalue weighted by molar-refractivity contribution is 9.13. The van der Waals surface area contributed by atoms with Gasteiger partial charge in [0.2, 0.25) is 0 Å². The van der Waals surface area contributed by atoms with Crippen LogP contribution in [0.25, 0.3) is 0 Å². The number of aliphatic hydroxyl groups excluding tert-OH is 1. The van der Waals surface area contributed by atoms with E-state index in [4.69, 9.17) is 5.11 Å². The van der Waals surface area contributed by atoms with Gasteiger partial charge in [-0.15, -0.1) is 11.3 Å². The van der Waals surface area contributed by atoms with Crippen molar-refractivity contribution in [1.82, 2.24) is 5.32 Å². The van der Waals surface area contributed by atoms with Crippen LogP contribution in [-0.2, 0) is 0 Å². The van der Waals surface area contributed by atoms with Crippen molar-refractivity contribution in [1.29, 1.82) is 0 Å². The first kappa shape index (κ1) is 13.2. The monoisotopic (exact) mass is 355 g/mol. The molecule has 1 heterocycles. The minimum absolute atomic E-state index is 0.105. The molecule has 3 nitrogen and oxygen atoms in total. The van der Waals surface area contributed by atoms with E-state index >= 15 is 0 Å². The molecule has 0 aliphatic carbocycles. The molecular formula is C9H11Br2NO2S. The predicted octanol–water partition coefficient (Wildman–Crippen LogP) is 2.77. The van der Waals surface area contributed by atoms with Crippen molar-refractivity contribution < 1.29 is 9.90 Å². The summed E-state index contributed by atoms with van der Waals surface area (Å²) >= 11 is 8.02. The van der Waals surface area contributed by atoms with Crippen molar-refractivity contribution >= 4 is 49.1 Å². The number of carbonyl (C=O) groups excluding carboxylic acids is 1. The van der Waals surface area contributed by atoms with Crippen LogP contribution in [0, 0.1) is 0 Å². The van der Waals surface area contributed by atoms with E-state index in [0.717, 1.165) is 8.26 Å². The average molecular weight is 357 g/mol. The molecule has 15 heavy (non-hydrogen) atoms. The van der Waals surface area contributed by atoms with Crippen molar-refractivity contribution in [3.63, 3.8) is 0 Å². The van der Waals surface area contributed by atoms with Gasteiger partial charge in [-0.3, -0.25) is 4.79 Å². The summed E-state index contributed by atoms with van der Waals surface area (Å²) in [6, 6.07) is 1.77. The third kappa shape index (κ3) is 4.22. The van der Waals surface area contributed by atoms with Gasteiger partial charge in [-0.25, -0.2) is 0 Å². The molecule has 1 atom stereocenters. The zero-order valence-corrected chi connectivity index (χ0v) is 12.1. The number of carbonyl (C=O) groups is 1. The number of aliphatic hydroxyl groups is 1. The number of hydrogen-bond acceptors (Lipinski definition) is 3. The van der Waals surface area contributed by atoms with Gasteiger partial charge in [0.15, 0.2) is 0 Å². The van der Waals surface area contributed by atoms with Gasteiger partial charge in [-0.2, -0.15) is 0 Å².